The van der Waals surface area contributed by atoms with E-state index >= 15 is 0 Å². The van der Waals surface area contributed by atoms with Crippen LogP contribution in [0.15, 0.2) is 0 Å². The van der Waals surface area contributed by atoms with E-state index in [0.717, 1.165) is 25.7 Å². The van der Waals surface area contributed by atoms with Crippen LogP contribution >= 0.6 is 0 Å². The molecule has 0 aliphatic carbocycles. The van der Waals surface area contributed by atoms with Gasteiger partial charge in [0.1, 0.15) is 0 Å². The average molecular weight is 227 g/mol. The molecule has 0 radical (unpaired) electrons. The summed E-state index contributed by atoms with van der Waals surface area (Å²) in [6.45, 7) is 4.84. The van der Waals surface area contributed by atoms with E-state index in [4.69, 9.17) is 10.5 Å². The maximum Gasteiger partial charge on any atom is 0.0572 e. The highest BCUT2D eigenvalue weighted by Crippen LogP contribution is 2.37. The average Bonchev–Trinajstić information content (AvgIpc) is 2.25. The lowest BCUT2D eigenvalue weighted by molar-refractivity contribution is -0.137. The van der Waals surface area contributed by atoms with Gasteiger partial charge >= 0.3 is 0 Å². The molecular weight excluding hydrogens is 202 g/mol. The molecule has 2 heterocycles. The molecule has 1 unspecified atom stereocenters. The Labute approximate surface area is 98.5 Å². The monoisotopic (exact) mass is 227 g/mol. The fourth-order valence-corrected chi connectivity index (χ4v) is 3.19. The first-order valence-corrected chi connectivity index (χ1v) is 6.35. The highest BCUT2D eigenvalue weighted by Gasteiger charge is 2.47. The summed E-state index contributed by atoms with van der Waals surface area (Å²) in [6.07, 6.45) is 2.56. The van der Waals surface area contributed by atoms with Crippen LogP contribution in [-0.4, -0.2) is 57.9 Å². The Hall–Kier alpha value is -0.160. The van der Waals surface area contributed by atoms with Gasteiger partial charge in [-0.3, -0.25) is 0 Å². The van der Waals surface area contributed by atoms with Crippen molar-refractivity contribution in [1.82, 2.24) is 10.2 Å². The molecule has 0 bridgehead atoms. The van der Waals surface area contributed by atoms with Crippen LogP contribution < -0.4 is 11.1 Å². The summed E-state index contributed by atoms with van der Waals surface area (Å²) >= 11 is 0. The number of likely N-dealkylation sites (tertiary alicyclic amines) is 1. The van der Waals surface area contributed by atoms with E-state index in [-0.39, 0.29) is 5.41 Å². The maximum absolute atomic E-state index is 5.95. The van der Waals surface area contributed by atoms with Crippen molar-refractivity contribution in [3.63, 3.8) is 0 Å². The van der Waals surface area contributed by atoms with Gasteiger partial charge in [0.15, 0.2) is 0 Å². The topological polar surface area (TPSA) is 50.5 Å². The Bertz CT molecular complexity index is 217. The minimum Gasteiger partial charge on any atom is -0.380 e. The van der Waals surface area contributed by atoms with Crippen LogP contribution in [0.1, 0.15) is 12.8 Å². The molecular formula is C12H25N3O. The predicted molar refractivity (Wildman–Crippen MR) is 65.4 cm³/mol. The molecule has 0 aromatic carbocycles. The first-order chi connectivity index (χ1) is 7.72. The molecule has 2 fully saturated rings. The molecule has 2 saturated heterocycles. The van der Waals surface area contributed by atoms with Crippen molar-refractivity contribution in [3.8, 4) is 0 Å². The van der Waals surface area contributed by atoms with Crippen molar-refractivity contribution in [2.75, 3.05) is 46.9 Å². The molecule has 0 aromatic heterocycles. The molecule has 3 N–H and O–H groups in total. The standard InChI is InChI=1S/C12H25N3O/c1-14-11(12(7-13)8-16-9-12)10-3-5-15(2)6-4-10/h10-11,14H,3-9,13H2,1-2H3. The largest absolute Gasteiger partial charge is 0.380 e. The zero-order valence-corrected chi connectivity index (χ0v) is 10.5. The quantitative estimate of drug-likeness (QED) is 0.704. The van der Waals surface area contributed by atoms with Crippen molar-refractivity contribution in [1.29, 1.82) is 0 Å². The van der Waals surface area contributed by atoms with Gasteiger partial charge in [-0.2, -0.15) is 0 Å². The molecule has 0 saturated carbocycles. The number of hydrogen-bond acceptors (Lipinski definition) is 4. The molecule has 94 valence electrons. The second-order valence-corrected chi connectivity index (χ2v) is 5.47. The summed E-state index contributed by atoms with van der Waals surface area (Å²) in [7, 11) is 4.27. The molecule has 2 aliphatic heterocycles. The molecule has 2 rings (SSSR count). The van der Waals surface area contributed by atoms with Gasteiger partial charge in [-0.25, -0.2) is 0 Å². The number of nitrogens with zero attached hydrogens (tertiary/aromatic N) is 1. The normalized spacial score (nSPS) is 28.7. The first kappa shape index (κ1) is 12.3. The fraction of sp³-hybridized carbons (Fsp3) is 1.00. The van der Waals surface area contributed by atoms with Gasteiger partial charge in [-0.1, -0.05) is 0 Å². The van der Waals surface area contributed by atoms with Crippen LogP contribution in [0.4, 0.5) is 0 Å². The van der Waals surface area contributed by atoms with E-state index < -0.39 is 0 Å². The van der Waals surface area contributed by atoms with Crippen molar-refractivity contribution in [2.24, 2.45) is 17.1 Å². The third-order valence-electron chi connectivity index (χ3n) is 4.39. The van der Waals surface area contributed by atoms with Gasteiger partial charge in [0.25, 0.3) is 0 Å². The van der Waals surface area contributed by atoms with E-state index in [1.54, 1.807) is 0 Å². The molecule has 0 amide bonds. The third kappa shape index (κ3) is 2.12. The highest BCUT2D eigenvalue weighted by molar-refractivity contribution is 5.00. The molecule has 0 spiro atoms. The number of ether oxygens (including phenoxy) is 1. The lowest BCUT2D eigenvalue weighted by Gasteiger charge is -2.50. The van der Waals surface area contributed by atoms with Crippen LogP contribution in [0.2, 0.25) is 0 Å². The number of hydrogen-bond donors (Lipinski definition) is 2. The van der Waals surface area contributed by atoms with Crippen LogP contribution in [0.3, 0.4) is 0 Å². The summed E-state index contributed by atoms with van der Waals surface area (Å²) in [4.78, 5) is 2.41. The summed E-state index contributed by atoms with van der Waals surface area (Å²) < 4.78 is 5.39. The van der Waals surface area contributed by atoms with Crippen molar-refractivity contribution in [3.05, 3.63) is 0 Å². The summed E-state index contributed by atoms with van der Waals surface area (Å²) in [5.74, 6) is 0.758. The lowest BCUT2D eigenvalue weighted by atomic mass is 9.70. The second-order valence-electron chi connectivity index (χ2n) is 5.47. The summed E-state index contributed by atoms with van der Waals surface area (Å²) in [5, 5.41) is 3.50. The van der Waals surface area contributed by atoms with Crippen molar-refractivity contribution in [2.45, 2.75) is 18.9 Å². The Morgan fingerprint density at radius 1 is 1.44 bits per heavy atom. The van der Waals surface area contributed by atoms with Crippen LogP contribution in [0.25, 0.3) is 0 Å². The molecule has 4 nitrogen and oxygen atoms in total. The Kier molecular flexibility index (Phi) is 3.85. The van der Waals surface area contributed by atoms with Gasteiger partial charge in [-0.15, -0.1) is 0 Å². The molecule has 2 aliphatic rings. The van der Waals surface area contributed by atoms with Crippen molar-refractivity contribution < 1.29 is 4.74 Å². The SMILES string of the molecule is CNC(C1CCN(C)CC1)C1(CN)COC1. The van der Waals surface area contributed by atoms with Gasteiger partial charge in [-0.05, 0) is 45.9 Å². The van der Waals surface area contributed by atoms with E-state index in [1.165, 1.54) is 25.9 Å². The van der Waals surface area contributed by atoms with Crippen molar-refractivity contribution >= 4 is 0 Å². The maximum atomic E-state index is 5.95. The predicted octanol–water partition coefficient (Wildman–Crippen LogP) is -0.108. The summed E-state index contributed by atoms with van der Waals surface area (Å²) in [6, 6.07) is 0.528. The van der Waals surface area contributed by atoms with E-state index in [2.05, 4.69) is 24.3 Å². The van der Waals surface area contributed by atoms with Crippen LogP contribution in [-0.2, 0) is 4.74 Å². The van der Waals surface area contributed by atoms with Gasteiger partial charge < -0.3 is 20.7 Å². The van der Waals surface area contributed by atoms with Gasteiger partial charge in [0.05, 0.1) is 13.2 Å². The zero-order valence-electron chi connectivity index (χ0n) is 10.5. The van der Waals surface area contributed by atoms with E-state index in [0.29, 0.717) is 6.04 Å². The second kappa shape index (κ2) is 5.00. The highest BCUT2D eigenvalue weighted by atomic mass is 16.5. The minimum atomic E-state index is 0.204. The van der Waals surface area contributed by atoms with Gasteiger partial charge in [0, 0.05) is 18.0 Å². The van der Waals surface area contributed by atoms with Crippen LogP contribution in [0.5, 0.6) is 0 Å². The Balaban J connectivity index is 1.99. The number of rotatable bonds is 4. The molecule has 1 atom stereocenters. The number of nitrogens with two attached hydrogens (primary N) is 1. The number of piperidine rings is 1. The zero-order chi connectivity index (χ0) is 11.6. The number of nitrogens with one attached hydrogen (secondary N) is 1. The van der Waals surface area contributed by atoms with E-state index in [1.807, 2.05) is 0 Å². The first-order valence-electron chi connectivity index (χ1n) is 6.35. The minimum absolute atomic E-state index is 0.204. The van der Waals surface area contributed by atoms with E-state index in [9.17, 15) is 0 Å². The molecule has 0 aromatic rings. The molecule has 16 heavy (non-hydrogen) atoms. The Morgan fingerprint density at radius 2 is 2.06 bits per heavy atom. The fourth-order valence-electron chi connectivity index (χ4n) is 3.19. The Morgan fingerprint density at radius 3 is 2.44 bits per heavy atom. The van der Waals surface area contributed by atoms with Crippen LogP contribution in [0, 0.1) is 11.3 Å². The van der Waals surface area contributed by atoms with Gasteiger partial charge in [0.2, 0.25) is 0 Å². The summed E-state index contributed by atoms with van der Waals surface area (Å²) in [5.41, 5.74) is 6.15. The smallest absolute Gasteiger partial charge is 0.0572 e. The molecule has 4 heteroatoms. The lowest BCUT2D eigenvalue weighted by Crippen LogP contribution is -2.63. The third-order valence-corrected chi connectivity index (χ3v) is 4.39.